The largest absolute Gasteiger partial charge is 0.491 e. The van der Waals surface area contributed by atoms with Gasteiger partial charge in [-0.1, -0.05) is 17.7 Å². The van der Waals surface area contributed by atoms with Crippen LogP contribution in [-0.4, -0.2) is 26.0 Å². The van der Waals surface area contributed by atoms with E-state index in [4.69, 9.17) is 16.3 Å². The zero-order valence-corrected chi connectivity index (χ0v) is 17.6. The first-order valence-corrected chi connectivity index (χ1v) is 11.1. The third-order valence-corrected chi connectivity index (χ3v) is 5.88. The maximum Gasteiger partial charge on any atom is 0.256 e. The van der Waals surface area contributed by atoms with Crippen molar-refractivity contribution in [1.29, 1.82) is 0 Å². The van der Waals surface area contributed by atoms with Crippen molar-refractivity contribution in [2.75, 3.05) is 5.32 Å². The number of ether oxygens (including phenoxy) is 1. The van der Waals surface area contributed by atoms with E-state index in [1.165, 1.54) is 0 Å². The van der Waals surface area contributed by atoms with Crippen molar-refractivity contribution in [3.63, 3.8) is 0 Å². The predicted octanol–water partition coefficient (Wildman–Crippen LogP) is 4.33. The molecule has 1 unspecified atom stereocenters. The Balaban J connectivity index is 1.65. The molecular formula is C21H20ClN3O3S. The number of anilines is 1. The van der Waals surface area contributed by atoms with Gasteiger partial charge in [-0.3, -0.25) is 9.00 Å². The molecular weight excluding hydrogens is 410 g/mol. The molecule has 3 aromatic rings. The van der Waals surface area contributed by atoms with Gasteiger partial charge in [0.25, 0.3) is 5.91 Å². The number of benzene rings is 2. The third kappa shape index (κ3) is 4.21. The summed E-state index contributed by atoms with van der Waals surface area (Å²) >= 11 is 6.13. The Morgan fingerprint density at radius 3 is 2.66 bits per heavy atom. The van der Waals surface area contributed by atoms with Gasteiger partial charge in [0.05, 0.1) is 29.0 Å². The Morgan fingerprint density at radius 1 is 1.21 bits per heavy atom. The summed E-state index contributed by atoms with van der Waals surface area (Å²) in [5.41, 5.74) is 2.76. The van der Waals surface area contributed by atoms with E-state index in [9.17, 15) is 9.00 Å². The Morgan fingerprint density at radius 2 is 1.97 bits per heavy atom. The number of aromatic nitrogens is 2. The minimum Gasteiger partial charge on any atom is -0.491 e. The van der Waals surface area contributed by atoms with Crippen molar-refractivity contribution in [2.24, 2.45) is 0 Å². The molecule has 1 atom stereocenters. The van der Waals surface area contributed by atoms with E-state index in [0.717, 1.165) is 16.9 Å². The molecule has 1 aliphatic rings. The zero-order valence-electron chi connectivity index (χ0n) is 16.0. The van der Waals surface area contributed by atoms with Crippen molar-refractivity contribution < 1.29 is 13.7 Å². The molecule has 0 aliphatic carbocycles. The number of hydrogen-bond acceptors (Lipinski definition) is 4. The standard InChI is InChI=1S/C21H20ClN3O3S/c1-13(2)28-17-8-6-14(7-9-17)21(26)23-20-18-11-29(27)12-19(18)24-25(20)16-5-3-4-15(22)10-16/h3-10,13H,11-12H2,1-2H3,(H,23,26). The Kier molecular flexibility index (Phi) is 5.43. The number of rotatable bonds is 5. The monoisotopic (exact) mass is 429 g/mol. The van der Waals surface area contributed by atoms with Crippen LogP contribution in [0.5, 0.6) is 5.75 Å². The summed E-state index contributed by atoms with van der Waals surface area (Å²) in [6.45, 7) is 3.89. The van der Waals surface area contributed by atoms with Crippen molar-refractivity contribution in [3.05, 3.63) is 70.4 Å². The summed E-state index contributed by atoms with van der Waals surface area (Å²) in [6.07, 6.45) is 0.0604. The topological polar surface area (TPSA) is 73.2 Å². The van der Waals surface area contributed by atoms with E-state index in [1.807, 2.05) is 26.0 Å². The average molecular weight is 430 g/mol. The molecule has 150 valence electrons. The highest BCUT2D eigenvalue weighted by molar-refractivity contribution is 7.83. The second-order valence-corrected chi connectivity index (χ2v) is 8.93. The predicted molar refractivity (Wildman–Crippen MR) is 114 cm³/mol. The highest BCUT2D eigenvalue weighted by Crippen LogP contribution is 2.32. The molecule has 8 heteroatoms. The number of nitrogens with zero attached hydrogens (tertiary/aromatic N) is 2. The average Bonchev–Trinajstić information content (AvgIpc) is 3.19. The number of nitrogens with one attached hydrogen (secondary N) is 1. The molecule has 6 nitrogen and oxygen atoms in total. The fraction of sp³-hybridized carbons (Fsp3) is 0.238. The molecule has 2 heterocycles. The smallest absolute Gasteiger partial charge is 0.256 e. The molecule has 0 spiro atoms. The molecule has 0 saturated carbocycles. The summed E-state index contributed by atoms with van der Waals surface area (Å²) in [7, 11) is -1.01. The van der Waals surface area contributed by atoms with Gasteiger partial charge in [-0.15, -0.1) is 0 Å². The van der Waals surface area contributed by atoms with E-state index in [0.29, 0.717) is 33.7 Å². The quantitative estimate of drug-likeness (QED) is 0.655. The van der Waals surface area contributed by atoms with Crippen LogP contribution in [0.25, 0.3) is 5.69 Å². The van der Waals surface area contributed by atoms with Crippen LogP contribution in [0.2, 0.25) is 5.02 Å². The lowest BCUT2D eigenvalue weighted by atomic mass is 10.2. The van der Waals surface area contributed by atoms with Gasteiger partial charge in [-0.2, -0.15) is 5.10 Å². The zero-order chi connectivity index (χ0) is 20.5. The normalized spacial score (nSPS) is 15.4. The van der Waals surface area contributed by atoms with Gasteiger partial charge in [0.15, 0.2) is 0 Å². The number of amides is 1. The maximum absolute atomic E-state index is 12.9. The van der Waals surface area contributed by atoms with Gasteiger partial charge < -0.3 is 10.1 Å². The lowest BCUT2D eigenvalue weighted by Crippen LogP contribution is -2.16. The van der Waals surface area contributed by atoms with Crippen LogP contribution >= 0.6 is 11.6 Å². The fourth-order valence-electron chi connectivity index (χ4n) is 3.19. The van der Waals surface area contributed by atoms with Crippen LogP contribution in [0.3, 0.4) is 0 Å². The summed E-state index contributed by atoms with van der Waals surface area (Å²) in [5.74, 6) is 1.71. The first-order valence-electron chi connectivity index (χ1n) is 9.20. The summed E-state index contributed by atoms with van der Waals surface area (Å²) < 4.78 is 19.3. The van der Waals surface area contributed by atoms with Crippen LogP contribution in [0.15, 0.2) is 48.5 Å². The Bertz CT molecular complexity index is 1090. The van der Waals surface area contributed by atoms with E-state index >= 15 is 0 Å². The number of halogens is 1. The summed E-state index contributed by atoms with van der Waals surface area (Å²) in [5, 5.41) is 8.09. The van der Waals surface area contributed by atoms with Gasteiger partial charge in [0, 0.05) is 26.9 Å². The number of hydrogen-bond donors (Lipinski definition) is 1. The highest BCUT2D eigenvalue weighted by atomic mass is 35.5. The SMILES string of the molecule is CC(C)Oc1ccc(C(=O)Nc2c3c(nn2-c2cccc(Cl)c2)CS(=O)C3)cc1. The summed E-state index contributed by atoms with van der Waals surface area (Å²) in [4.78, 5) is 12.9. The van der Waals surface area contributed by atoms with Crippen molar-refractivity contribution in [2.45, 2.75) is 31.5 Å². The van der Waals surface area contributed by atoms with Gasteiger partial charge in [0.1, 0.15) is 11.6 Å². The minimum atomic E-state index is -1.01. The van der Waals surface area contributed by atoms with E-state index in [1.54, 1.807) is 41.1 Å². The van der Waals surface area contributed by atoms with Gasteiger partial charge in [-0.05, 0) is 56.3 Å². The lowest BCUT2D eigenvalue weighted by Gasteiger charge is -2.12. The lowest BCUT2D eigenvalue weighted by molar-refractivity contribution is 0.102. The molecule has 0 saturated heterocycles. The highest BCUT2D eigenvalue weighted by Gasteiger charge is 2.28. The number of fused-ring (bicyclic) bond motifs is 1. The first kappa shape index (κ1) is 19.7. The Labute approximate surface area is 176 Å². The second-order valence-electron chi connectivity index (χ2n) is 7.04. The van der Waals surface area contributed by atoms with Crippen LogP contribution in [-0.2, 0) is 22.3 Å². The molecule has 0 radical (unpaired) electrons. The molecule has 29 heavy (non-hydrogen) atoms. The van der Waals surface area contributed by atoms with Crippen LogP contribution < -0.4 is 10.1 Å². The summed E-state index contributed by atoms with van der Waals surface area (Å²) in [6, 6.07) is 14.2. The maximum atomic E-state index is 12.9. The van der Waals surface area contributed by atoms with Crippen LogP contribution in [0, 0.1) is 0 Å². The molecule has 1 N–H and O–H groups in total. The number of carbonyl (C=O) groups excluding carboxylic acids is 1. The molecule has 2 aromatic carbocycles. The van der Waals surface area contributed by atoms with Gasteiger partial charge in [-0.25, -0.2) is 4.68 Å². The Hall–Kier alpha value is -2.64. The molecule has 0 bridgehead atoms. The van der Waals surface area contributed by atoms with E-state index in [2.05, 4.69) is 10.4 Å². The van der Waals surface area contributed by atoms with Crippen molar-refractivity contribution in [1.82, 2.24) is 9.78 Å². The number of carbonyl (C=O) groups is 1. The van der Waals surface area contributed by atoms with E-state index in [-0.39, 0.29) is 12.0 Å². The molecule has 0 fully saturated rings. The van der Waals surface area contributed by atoms with Crippen molar-refractivity contribution in [3.8, 4) is 11.4 Å². The minimum absolute atomic E-state index is 0.0604. The second kappa shape index (κ2) is 8.00. The molecule has 1 aromatic heterocycles. The first-order chi connectivity index (χ1) is 13.9. The van der Waals surface area contributed by atoms with Crippen molar-refractivity contribution >= 4 is 34.1 Å². The fourth-order valence-corrected chi connectivity index (χ4v) is 4.64. The van der Waals surface area contributed by atoms with Gasteiger partial charge >= 0.3 is 0 Å². The van der Waals surface area contributed by atoms with Gasteiger partial charge in [0.2, 0.25) is 0 Å². The molecule has 1 amide bonds. The van der Waals surface area contributed by atoms with Crippen LogP contribution in [0.1, 0.15) is 35.5 Å². The van der Waals surface area contributed by atoms with Crippen LogP contribution in [0.4, 0.5) is 5.82 Å². The molecule has 4 rings (SSSR count). The molecule has 1 aliphatic heterocycles. The van der Waals surface area contributed by atoms with E-state index < -0.39 is 10.8 Å². The third-order valence-electron chi connectivity index (χ3n) is 4.44.